The molecule has 1 atom stereocenters. The first-order valence-electron chi connectivity index (χ1n) is 11.2. The average molecular weight is 530 g/mol. The Bertz CT molecular complexity index is 1380. The van der Waals surface area contributed by atoms with Gasteiger partial charge in [0.25, 0.3) is 17.3 Å². The summed E-state index contributed by atoms with van der Waals surface area (Å²) in [5.74, 6) is -0.174. The van der Waals surface area contributed by atoms with Crippen molar-refractivity contribution in [1.82, 2.24) is 25.2 Å². The molecule has 9 nitrogen and oxygen atoms in total. The van der Waals surface area contributed by atoms with E-state index < -0.39 is 5.79 Å². The summed E-state index contributed by atoms with van der Waals surface area (Å²) >= 11 is 7.97. The van der Waals surface area contributed by atoms with Crippen molar-refractivity contribution in [2.24, 2.45) is 0 Å². The van der Waals surface area contributed by atoms with E-state index in [1.165, 1.54) is 11.8 Å². The van der Waals surface area contributed by atoms with Gasteiger partial charge < -0.3 is 24.7 Å². The van der Waals surface area contributed by atoms with Gasteiger partial charge in [-0.1, -0.05) is 11.6 Å². The molecule has 4 rings (SSSR count). The number of rotatable bonds is 7. The SMILES string of the molecule is CSc1cc(C)[nH]c(=O)c1CNC(=O)c1cc(Cl)c2c(c1C)OC(C)(c1cnc(CN(C)C)nc1)O2. The highest BCUT2D eigenvalue weighted by Gasteiger charge is 2.42. The van der Waals surface area contributed by atoms with Crippen LogP contribution in [0.4, 0.5) is 0 Å². The monoisotopic (exact) mass is 529 g/mol. The Morgan fingerprint density at radius 2 is 1.86 bits per heavy atom. The highest BCUT2D eigenvalue weighted by atomic mass is 35.5. The first kappa shape index (κ1) is 26.0. The minimum absolute atomic E-state index is 0.0739. The van der Waals surface area contributed by atoms with Gasteiger partial charge in [-0.2, -0.15) is 0 Å². The number of carbonyl (C=O) groups is 1. The van der Waals surface area contributed by atoms with Crippen molar-refractivity contribution in [1.29, 1.82) is 0 Å². The molecular weight excluding hydrogens is 502 g/mol. The second kappa shape index (κ2) is 10.1. The first-order chi connectivity index (χ1) is 17.0. The molecule has 11 heteroatoms. The Balaban J connectivity index is 1.57. The van der Waals surface area contributed by atoms with Crippen LogP contribution in [-0.4, -0.2) is 46.1 Å². The summed E-state index contributed by atoms with van der Waals surface area (Å²) < 4.78 is 12.3. The Morgan fingerprint density at radius 3 is 2.50 bits per heavy atom. The van der Waals surface area contributed by atoms with Gasteiger partial charge in [-0.05, 0) is 46.3 Å². The minimum atomic E-state index is -1.20. The first-order valence-corrected chi connectivity index (χ1v) is 12.8. The van der Waals surface area contributed by atoms with Crippen LogP contribution in [0.1, 0.15) is 45.5 Å². The third-order valence-corrected chi connectivity index (χ3v) is 6.92. The fourth-order valence-corrected chi connectivity index (χ4v) is 4.88. The van der Waals surface area contributed by atoms with Crippen molar-refractivity contribution in [3.63, 3.8) is 0 Å². The zero-order chi connectivity index (χ0) is 26.2. The van der Waals surface area contributed by atoms with E-state index in [9.17, 15) is 9.59 Å². The maximum atomic E-state index is 13.1. The molecule has 36 heavy (non-hydrogen) atoms. The van der Waals surface area contributed by atoms with Crippen molar-refractivity contribution in [3.05, 3.63) is 73.7 Å². The van der Waals surface area contributed by atoms with Crippen LogP contribution in [0.25, 0.3) is 0 Å². The number of hydrogen-bond donors (Lipinski definition) is 2. The van der Waals surface area contributed by atoms with Gasteiger partial charge in [0, 0.05) is 53.1 Å². The summed E-state index contributed by atoms with van der Waals surface area (Å²) in [5, 5.41) is 3.08. The number of nitrogens with zero attached hydrogens (tertiary/aromatic N) is 3. The number of nitrogens with one attached hydrogen (secondary N) is 2. The quantitative estimate of drug-likeness (QED) is 0.445. The van der Waals surface area contributed by atoms with E-state index in [0.717, 1.165) is 10.6 Å². The summed E-state index contributed by atoms with van der Waals surface area (Å²) in [7, 11) is 3.88. The van der Waals surface area contributed by atoms with E-state index in [-0.39, 0.29) is 23.0 Å². The number of ether oxygens (including phenoxy) is 2. The summed E-state index contributed by atoms with van der Waals surface area (Å²) in [4.78, 5) is 39.9. The molecule has 1 aliphatic rings. The Morgan fingerprint density at radius 1 is 1.19 bits per heavy atom. The molecule has 0 bridgehead atoms. The summed E-state index contributed by atoms with van der Waals surface area (Å²) in [6.45, 7) is 6.02. The molecule has 190 valence electrons. The molecule has 2 aromatic heterocycles. The third kappa shape index (κ3) is 5.07. The molecular formula is C25H28ClN5O4S. The molecule has 2 N–H and O–H groups in total. The van der Waals surface area contributed by atoms with Gasteiger partial charge in [0.15, 0.2) is 11.5 Å². The standard InChI is InChI=1S/C25H28ClN5O4S/c1-13-7-19(36-6)17(24(33)30-13)11-29-23(32)16-8-18(26)22-21(14(16)2)34-25(3,35-22)15-9-27-20(28-10-15)12-31(4)5/h7-10H,11-12H2,1-6H3,(H,29,32)(H,30,33). The second-order valence-corrected chi connectivity index (χ2v) is 10.2. The Labute approximate surface area is 218 Å². The Kier molecular flexibility index (Phi) is 7.31. The number of aromatic amines is 1. The molecule has 0 fully saturated rings. The van der Waals surface area contributed by atoms with Gasteiger partial charge in [0.2, 0.25) is 0 Å². The number of H-pyrrole nitrogens is 1. The largest absolute Gasteiger partial charge is 0.444 e. The van der Waals surface area contributed by atoms with Crippen LogP contribution in [0.2, 0.25) is 5.02 Å². The zero-order valence-corrected chi connectivity index (χ0v) is 22.6. The number of fused-ring (bicyclic) bond motifs is 1. The van der Waals surface area contributed by atoms with Gasteiger partial charge in [-0.3, -0.25) is 9.59 Å². The number of carbonyl (C=O) groups excluding carboxylic acids is 1. The number of pyridine rings is 1. The van der Waals surface area contributed by atoms with Crippen molar-refractivity contribution in [2.45, 2.75) is 44.5 Å². The number of benzene rings is 1. The topological polar surface area (TPSA) is 109 Å². The van der Waals surface area contributed by atoms with Crippen molar-refractivity contribution in [3.8, 4) is 11.5 Å². The smallest absolute Gasteiger partial charge is 0.278 e. The van der Waals surface area contributed by atoms with Crippen LogP contribution >= 0.6 is 23.4 Å². The number of aromatic nitrogens is 3. The van der Waals surface area contributed by atoms with Crippen molar-refractivity contribution >= 4 is 29.3 Å². The zero-order valence-electron chi connectivity index (χ0n) is 21.0. The van der Waals surface area contributed by atoms with Crippen LogP contribution < -0.4 is 20.3 Å². The average Bonchev–Trinajstić information content (AvgIpc) is 3.20. The van der Waals surface area contributed by atoms with E-state index in [1.54, 1.807) is 32.3 Å². The maximum absolute atomic E-state index is 13.1. The number of thioether (sulfide) groups is 1. The number of hydrogen-bond acceptors (Lipinski definition) is 8. The van der Waals surface area contributed by atoms with Gasteiger partial charge in [0.1, 0.15) is 5.82 Å². The highest BCUT2D eigenvalue weighted by molar-refractivity contribution is 7.98. The van der Waals surface area contributed by atoms with Gasteiger partial charge in [0.05, 0.1) is 17.1 Å². The lowest BCUT2D eigenvalue weighted by Gasteiger charge is -2.23. The van der Waals surface area contributed by atoms with Gasteiger partial charge in [-0.15, -0.1) is 11.8 Å². The molecule has 0 saturated heterocycles. The lowest BCUT2D eigenvalue weighted by Crippen LogP contribution is -2.32. The normalized spacial score (nSPS) is 16.4. The molecule has 3 heterocycles. The number of aryl methyl sites for hydroxylation is 1. The number of amides is 1. The molecule has 0 saturated carbocycles. The van der Waals surface area contributed by atoms with E-state index in [4.69, 9.17) is 21.1 Å². The van der Waals surface area contributed by atoms with Crippen molar-refractivity contribution < 1.29 is 14.3 Å². The van der Waals surface area contributed by atoms with Crippen molar-refractivity contribution in [2.75, 3.05) is 20.4 Å². The van der Waals surface area contributed by atoms with Gasteiger partial charge in [-0.25, -0.2) is 9.97 Å². The summed E-state index contributed by atoms with van der Waals surface area (Å²) in [6.07, 6.45) is 5.22. The lowest BCUT2D eigenvalue weighted by atomic mass is 10.1. The predicted molar refractivity (Wildman–Crippen MR) is 139 cm³/mol. The molecule has 0 radical (unpaired) electrons. The van der Waals surface area contributed by atoms with Crippen LogP contribution in [0.3, 0.4) is 0 Å². The van der Waals surface area contributed by atoms with E-state index in [2.05, 4.69) is 20.3 Å². The van der Waals surface area contributed by atoms with Crippen LogP contribution in [0.15, 0.2) is 34.2 Å². The molecule has 1 aliphatic heterocycles. The Hall–Kier alpha value is -3.08. The minimum Gasteiger partial charge on any atom is -0.444 e. The van der Waals surface area contributed by atoms with E-state index in [0.29, 0.717) is 46.1 Å². The highest BCUT2D eigenvalue weighted by Crippen LogP contribution is 2.50. The molecule has 1 unspecified atom stereocenters. The second-order valence-electron chi connectivity index (χ2n) is 8.98. The third-order valence-electron chi connectivity index (χ3n) is 5.84. The summed E-state index contributed by atoms with van der Waals surface area (Å²) in [6, 6.07) is 3.43. The summed E-state index contributed by atoms with van der Waals surface area (Å²) in [5.41, 5.74) is 2.55. The molecule has 0 spiro atoms. The molecule has 1 aromatic carbocycles. The fourth-order valence-electron chi connectivity index (χ4n) is 3.94. The van der Waals surface area contributed by atoms with Gasteiger partial charge >= 0.3 is 0 Å². The van der Waals surface area contributed by atoms with E-state index >= 15 is 0 Å². The van der Waals surface area contributed by atoms with Crippen LogP contribution in [0.5, 0.6) is 11.5 Å². The van der Waals surface area contributed by atoms with Crippen LogP contribution in [0, 0.1) is 13.8 Å². The molecule has 0 aliphatic carbocycles. The molecule has 1 amide bonds. The predicted octanol–water partition coefficient (Wildman–Crippen LogP) is 3.79. The van der Waals surface area contributed by atoms with Crippen LogP contribution in [-0.2, 0) is 18.9 Å². The molecule has 3 aromatic rings. The number of halogens is 1. The fraction of sp³-hybridized carbons (Fsp3) is 0.360. The lowest BCUT2D eigenvalue weighted by molar-refractivity contribution is -0.0688. The van der Waals surface area contributed by atoms with E-state index in [1.807, 2.05) is 38.2 Å². The maximum Gasteiger partial charge on any atom is 0.278 e.